The lowest BCUT2D eigenvalue weighted by Gasteiger charge is -2.26. The lowest BCUT2D eigenvalue weighted by molar-refractivity contribution is -0.142. The summed E-state index contributed by atoms with van der Waals surface area (Å²) in [6.07, 6.45) is 3.83. The number of carboxylic acid groups (broad SMARTS) is 1. The summed E-state index contributed by atoms with van der Waals surface area (Å²) in [6.45, 7) is 0. The van der Waals surface area contributed by atoms with E-state index in [1.54, 1.807) is 12.1 Å². The minimum atomic E-state index is -0.749. The minimum absolute atomic E-state index is 0.0154. The Kier molecular flexibility index (Phi) is 4.32. The monoisotopic (exact) mass is 316 g/mol. The number of benzene rings is 1. The van der Waals surface area contributed by atoms with Gasteiger partial charge in [0, 0.05) is 23.7 Å². The van der Waals surface area contributed by atoms with Gasteiger partial charge in [-0.15, -0.1) is 0 Å². The second kappa shape index (κ2) is 6.40. The van der Waals surface area contributed by atoms with Crippen molar-refractivity contribution < 1.29 is 19.5 Å². The van der Waals surface area contributed by atoms with Crippen molar-refractivity contribution in [3.8, 4) is 0 Å². The summed E-state index contributed by atoms with van der Waals surface area (Å²) in [4.78, 5) is 34.6. The van der Waals surface area contributed by atoms with Gasteiger partial charge in [-0.05, 0) is 55.9 Å². The predicted molar refractivity (Wildman–Crippen MR) is 84.6 cm³/mol. The summed E-state index contributed by atoms with van der Waals surface area (Å²) in [5, 5.41) is 14.7. The number of hydrogen-bond donors (Lipinski definition) is 3. The van der Waals surface area contributed by atoms with Crippen molar-refractivity contribution in [2.75, 3.05) is 5.32 Å². The third kappa shape index (κ3) is 3.52. The van der Waals surface area contributed by atoms with E-state index in [0.29, 0.717) is 37.8 Å². The Morgan fingerprint density at radius 1 is 1.09 bits per heavy atom. The summed E-state index contributed by atoms with van der Waals surface area (Å²) in [7, 11) is 0. The first-order chi connectivity index (χ1) is 11.0. The number of aliphatic carboxylic acids is 1. The van der Waals surface area contributed by atoms with Crippen molar-refractivity contribution >= 4 is 23.5 Å². The molecular weight excluding hydrogens is 296 g/mol. The fraction of sp³-hybridized carbons (Fsp3) is 0.471. The van der Waals surface area contributed by atoms with E-state index in [1.807, 2.05) is 6.07 Å². The van der Waals surface area contributed by atoms with Gasteiger partial charge in [0.05, 0.1) is 5.92 Å². The topological polar surface area (TPSA) is 95.5 Å². The van der Waals surface area contributed by atoms with Crippen LogP contribution >= 0.6 is 0 Å². The summed E-state index contributed by atoms with van der Waals surface area (Å²) >= 11 is 0. The second-order valence-electron chi connectivity index (χ2n) is 6.28. The highest BCUT2D eigenvalue weighted by molar-refractivity contribution is 6.01. The van der Waals surface area contributed by atoms with Gasteiger partial charge < -0.3 is 15.7 Å². The van der Waals surface area contributed by atoms with E-state index in [9.17, 15) is 14.4 Å². The normalized spacial score (nSPS) is 23.2. The number of hydrogen-bond acceptors (Lipinski definition) is 3. The molecule has 122 valence electrons. The Morgan fingerprint density at radius 3 is 2.52 bits per heavy atom. The predicted octanol–water partition coefficient (Wildman–Crippen LogP) is 2.58. The number of urea groups is 1. The average Bonchev–Trinajstić information content (AvgIpc) is 2.88. The van der Waals surface area contributed by atoms with Crippen LogP contribution in [-0.4, -0.2) is 28.9 Å². The third-order valence-electron chi connectivity index (χ3n) is 4.70. The lowest BCUT2D eigenvalue weighted by Crippen LogP contribution is -2.41. The molecule has 2 aliphatic rings. The smallest absolute Gasteiger partial charge is 0.319 e. The third-order valence-corrected chi connectivity index (χ3v) is 4.70. The molecule has 1 saturated carbocycles. The van der Waals surface area contributed by atoms with Crippen LogP contribution in [0.15, 0.2) is 18.2 Å². The maximum Gasteiger partial charge on any atom is 0.319 e. The van der Waals surface area contributed by atoms with Crippen LogP contribution in [0.25, 0.3) is 0 Å². The Morgan fingerprint density at radius 2 is 1.83 bits per heavy atom. The molecule has 23 heavy (non-hydrogen) atoms. The zero-order valence-electron chi connectivity index (χ0n) is 12.8. The highest BCUT2D eigenvalue weighted by atomic mass is 16.4. The van der Waals surface area contributed by atoms with Gasteiger partial charge in [-0.25, -0.2) is 4.79 Å². The number of rotatable bonds is 3. The number of carbonyl (C=O) groups excluding carboxylic acids is 2. The molecule has 0 spiro atoms. The van der Waals surface area contributed by atoms with Crippen molar-refractivity contribution in [1.29, 1.82) is 0 Å². The van der Waals surface area contributed by atoms with Crippen LogP contribution in [0, 0.1) is 5.92 Å². The molecule has 3 rings (SSSR count). The molecule has 6 nitrogen and oxygen atoms in total. The van der Waals surface area contributed by atoms with Gasteiger partial charge in [0.15, 0.2) is 5.78 Å². The SMILES string of the molecule is O=C(Nc1ccc2c(c1)CCC2=O)NC1CCC(C(=O)O)CC1. The number of aryl methyl sites for hydroxylation is 1. The molecule has 2 aliphatic carbocycles. The van der Waals surface area contributed by atoms with Gasteiger partial charge in [-0.2, -0.15) is 0 Å². The zero-order chi connectivity index (χ0) is 16.4. The molecule has 1 fully saturated rings. The number of carbonyl (C=O) groups is 3. The number of fused-ring (bicyclic) bond motifs is 1. The van der Waals surface area contributed by atoms with Crippen LogP contribution in [0.2, 0.25) is 0 Å². The van der Waals surface area contributed by atoms with Gasteiger partial charge in [-0.1, -0.05) is 0 Å². The fourth-order valence-electron chi connectivity index (χ4n) is 3.37. The van der Waals surface area contributed by atoms with Gasteiger partial charge in [0.1, 0.15) is 0 Å². The number of carboxylic acids is 1. The van der Waals surface area contributed by atoms with E-state index in [2.05, 4.69) is 10.6 Å². The van der Waals surface area contributed by atoms with Crippen molar-refractivity contribution in [2.24, 2.45) is 5.92 Å². The zero-order valence-corrected chi connectivity index (χ0v) is 12.8. The van der Waals surface area contributed by atoms with E-state index in [4.69, 9.17) is 5.11 Å². The molecule has 3 N–H and O–H groups in total. The van der Waals surface area contributed by atoms with Crippen LogP contribution in [0.1, 0.15) is 48.0 Å². The first kappa shape index (κ1) is 15.5. The molecular formula is C17H20N2O4. The molecule has 0 atom stereocenters. The number of ketones is 1. The minimum Gasteiger partial charge on any atom is -0.481 e. The summed E-state index contributed by atoms with van der Waals surface area (Å²) in [5.74, 6) is -0.878. The van der Waals surface area contributed by atoms with Gasteiger partial charge in [0.25, 0.3) is 0 Å². The highest BCUT2D eigenvalue weighted by Crippen LogP contribution is 2.26. The first-order valence-corrected chi connectivity index (χ1v) is 7.99. The molecule has 0 aromatic heterocycles. The van der Waals surface area contributed by atoms with Crippen LogP contribution in [0.3, 0.4) is 0 Å². The van der Waals surface area contributed by atoms with E-state index in [0.717, 1.165) is 17.5 Å². The van der Waals surface area contributed by atoms with E-state index in [-0.39, 0.29) is 23.8 Å². The Labute approximate surface area is 134 Å². The fourth-order valence-corrected chi connectivity index (χ4v) is 3.37. The molecule has 1 aromatic carbocycles. The van der Waals surface area contributed by atoms with Crippen molar-refractivity contribution in [3.63, 3.8) is 0 Å². The summed E-state index contributed by atoms with van der Waals surface area (Å²) in [5.41, 5.74) is 2.41. The Bertz CT molecular complexity index is 648. The van der Waals surface area contributed by atoms with Gasteiger partial charge in [-0.3, -0.25) is 9.59 Å². The Balaban J connectivity index is 1.52. The summed E-state index contributed by atoms with van der Waals surface area (Å²) < 4.78 is 0. The van der Waals surface area contributed by atoms with Crippen LogP contribution in [-0.2, 0) is 11.2 Å². The standard InChI is InChI=1S/C17H20N2O4/c20-15-8-3-11-9-13(6-7-14(11)15)19-17(23)18-12-4-1-10(2-5-12)16(21)22/h6-7,9-10,12H,1-5,8H2,(H,21,22)(H2,18,19,23). The molecule has 6 heteroatoms. The molecule has 0 bridgehead atoms. The average molecular weight is 316 g/mol. The number of anilines is 1. The Hall–Kier alpha value is -2.37. The van der Waals surface area contributed by atoms with Crippen molar-refractivity contribution in [1.82, 2.24) is 5.32 Å². The maximum atomic E-state index is 12.1. The highest BCUT2D eigenvalue weighted by Gasteiger charge is 2.26. The number of nitrogens with one attached hydrogen (secondary N) is 2. The number of Topliss-reactive ketones (excluding diaryl/α,β-unsaturated/α-hetero) is 1. The van der Waals surface area contributed by atoms with Crippen LogP contribution < -0.4 is 10.6 Å². The van der Waals surface area contributed by atoms with E-state index in [1.165, 1.54) is 0 Å². The number of amides is 2. The first-order valence-electron chi connectivity index (χ1n) is 7.99. The second-order valence-corrected chi connectivity index (χ2v) is 6.28. The molecule has 2 amide bonds. The van der Waals surface area contributed by atoms with Crippen LogP contribution in [0.4, 0.5) is 10.5 Å². The molecule has 1 aromatic rings. The van der Waals surface area contributed by atoms with Gasteiger partial charge >= 0.3 is 12.0 Å². The van der Waals surface area contributed by atoms with Crippen LogP contribution in [0.5, 0.6) is 0 Å². The van der Waals surface area contributed by atoms with E-state index < -0.39 is 5.97 Å². The largest absolute Gasteiger partial charge is 0.481 e. The van der Waals surface area contributed by atoms with E-state index >= 15 is 0 Å². The summed E-state index contributed by atoms with van der Waals surface area (Å²) in [6, 6.07) is 5.08. The molecule has 0 radical (unpaired) electrons. The molecule has 0 aliphatic heterocycles. The van der Waals surface area contributed by atoms with Crippen molar-refractivity contribution in [2.45, 2.75) is 44.6 Å². The van der Waals surface area contributed by atoms with Gasteiger partial charge in [0.2, 0.25) is 0 Å². The quantitative estimate of drug-likeness (QED) is 0.798. The van der Waals surface area contributed by atoms with Crippen molar-refractivity contribution in [3.05, 3.63) is 29.3 Å². The maximum absolute atomic E-state index is 12.1. The molecule has 0 heterocycles. The lowest BCUT2D eigenvalue weighted by atomic mass is 9.86. The molecule has 0 saturated heterocycles. The molecule has 0 unspecified atom stereocenters.